The van der Waals surface area contributed by atoms with Gasteiger partial charge in [0.1, 0.15) is 5.82 Å². The first kappa shape index (κ1) is 25.4. The van der Waals surface area contributed by atoms with Gasteiger partial charge in [0.25, 0.3) is 0 Å². The van der Waals surface area contributed by atoms with Crippen molar-refractivity contribution < 1.29 is 31.1 Å². The van der Waals surface area contributed by atoms with E-state index >= 15 is 0 Å². The first-order valence-electron chi connectivity index (χ1n) is 12.2. The number of benzene rings is 1. The maximum absolute atomic E-state index is 13.4. The van der Waals surface area contributed by atoms with Crippen molar-refractivity contribution >= 4 is 16.1 Å². The molecule has 2 atom stereocenters. The average Bonchev–Trinajstić information content (AvgIpc) is 3.23. The molecule has 0 unspecified atom stereocenters. The molecule has 3 aliphatic carbocycles. The summed E-state index contributed by atoms with van der Waals surface area (Å²) in [4.78, 5) is 0. The molecule has 0 saturated heterocycles. The molecule has 6 nitrogen and oxygen atoms in total. The zero-order chi connectivity index (χ0) is 25.9. The number of hydrogen-bond acceptors (Lipinski definition) is 4. The fourth-order valence-electron chi connectivity index (χ4n) is 5.92. The van der Waals surface area contributed by atoms with E-state index in [1.165, 1.54) is 12.1 Å². The van der Waals surface area contributed by atoms with E-state index < -0.39 is 33.0 Å². The Balaban J connectivity index is 1.45. The highest BCUT2D eigenvalue weighted by molar-refractivity contribution is 7.89. The number of fused-ring (bicyclic) bond motifs is 2. The Morgan fingerprint density at radius 2 is 1.92 bits per heavy atom. The van der Waals surface area contributed by atoms with Crippen LogP contribution < -0.4 is 0 Å². The van der Waals surface area contributed by atoms with E-state index in [2.05, 4.69) is 11.2 Å². The number of allylic oxidation sites excluding steroid dienone is 1. The van der Waals surface area contributed by atoms with Gasteiger partial charge in [0.05, 0.1) is 23.2 Å². The van der Waals surface area contributed by atoms with Crippen LogP contribution in [0.15, 0.2) is 36.0 Å². The van der Waals surface area contributed by atoms with Crippen LogP contribution in [-0.4, -0.2) is 58.2 Å². The highest BCUT2D eigenvalue weighted by atomic mass is 32.2. The molecule has 1 aromatic carbocycles. The van der Waals surface area contributed by atoms with Crippen LogP contribution >= 0.6 is 0 Å². The second-order valence-corrected chi connectivity index (χ2v) is 12.4. The van der Waals surface area contributed by atoms with Crippen LogP contribution in [0.1, 0.15) is 50.3 Å². The fourth-order valence-corrected chi connectivity index (χ4v) is 7.36. The highest BCUT2D eigenvalue weighted by Gasteiger charge is 2.52. The monoisotopic (exact) mass is 527 g/mol. The smallest absolute Gasteiger partial charge is 0.389 e. The lowest BCUT2D eigenvalue weighted by Crippen LogP contribution is -2.47. The van der Waals surface area contributed by atoms with Gasteiger partial charge in [0, 0.05) is 13.1 Å². The number of rotatable bonds is 8. The lowest BCUT2D eigenvalue weighted by Gasteiger charge is -2.41. The summed E-state index contributed by atoms with van der Waals surface area (Å²) in [6, 6.07) is 6.02. The fraction of sp³-hybridized carbons (Fsp3) is 0.560. The van der Waals surface area contributed by atoms with E-state index in [1.807, 2.05) is 6.92 Å². The summed E-state index contributed by atoms with van der Waals surface area (Å²) in [5.74, 6) is -2.47. The molecular formula is C25H29F4N3O3S. The number of aromatic nitrogens is 2. The van der Waals surface area contributed by atoms with Gasteiger partial charge in [-0.05, 0) is 85.8 Å². The molecule has 1 aromatic heterocycles. The maximum atomic E-state index is 13.4. The van der Waals surface area contributed by atoms with Gasteiger partial charge in [-0.3, -0.25) is 0 Å². The molecule has 2 aromatic rings. The molecule has 196 valence electrons. The van der Waals surface area contributed by atoms with Crippen LogP contribution in [0.5, 0.6) is 0 Å². The van der Waals surface area contributed by atoms with Gasteiger partial charge in [-0.1, -0.05) is 12.5 Å². The van der Waals surface area contributed by atoms with Gasteiger partial charge in [-0.25, -0.2) is 17.5 Å². The van der Waals surface area contributed by atoms with Crippen molar-refractivity contribution in [2.45, 2.75) is 57.2 Å². The number of aliphatic hydroxyl groups is 1. The summed E-state index contributed by atoms with van der Waals surface area (Å²) >= 11 is 0. The van der Waals surface area contributed by atoms with Crippen LogP contribution in [0.25, 0.3) is 11.8 Å². The van der Waals surface area contributed by atoms with Gasteiger partial charge in [0.15, 0.2) is 5.75 Å². The Hall–Kier alpha value is -2.24. The Bertz CT molecular complexity index is 1280. The van der Waals surface area contributed by atoms with Gasteiger partial charge in [-0.15, -0.1) is 0 Å². The zero-order valence-corrected chi connectivity index (χ0v) is 20.7. The molecule has 0 aliphatic heterocycles. The van der Waals surface area contributed by atoms with Crippen LogP contribution in [0, 0.1) is 17.2 Å². The van der Waals surface area contributed by atoms with Crippen molar-refractivity contribution in [1.82, 2.24) is 14.1 Å². The minimum atomic E-state index is -4.86. The largest absolute Gasteiger partial charge is 0.404 e. The van der Waals surface area contributed by atoms with Crippen molar-refractivity contribution in [3.8, 4) is 5.69 Å². The predicted octanol–water partition coefficient (Wildman–Crippen LogP) is 4.48. The molecule has 2 saturated carbocycles. The topological polar surface area (TPSA) is 75.4 Å². The number of halogens is 4. The lowest BCUT2D eigenvalue weighted by molar-refractivity contribution is -0.107. The second-order valence-electron chi connectivity index (χ2n) is 10.4. The number of sulfonamides is 1. The van der Waals surface area contributed by atoms with Crippen molar-refractivity contribution in [3.05, 3.63) is 53.1 Å². The molecular weight excluding hydrogens is 498 g/mol. The van der Waals surface area contributed by atoms with E-state index in [-0.39, 0.29) is 24.8 Å². The number of nitrogens with zero attached hydrogens (tertiary/aromatic N) is 3. The Morgan fingerprint density at radius 3 is 2.53 bits per heavy atom. The van der Waals surface area contributed by atoms with Gasteiger partial charge in [-0.2, -0.15) is 22.6 Å². The van der Waals surface area contributed by atoms with Crippen molar-refractivity contribution in [3.63, 3.8) is 0 Å². The summed E-state index contributed by atoms with van der Waals surface area (Å²) in [5, 5.41) is 14.9. The molecule has 3 aliphatic rings. The van der Waals surface area contributed by atoms with Crippen molar-refractivity contribution in [2.24, 2.45) is 11.3 Å². The summed E-state index contributed by atoms with van der Waals surface area (Å²) in [7, 11) is -4.65. The van der Waals surface area contributed by atoms with Crippen LogP contribution in [0.3, 0.4) is 0 Å². The SMILES string of the molecule is CC[C@]12Cc3cnn(-c4ccc(F)cc4)c3C=C1CC[C@@H]2CN(CC1(O)CC1)S(=O)(=O)CC(F)(F)F. The molecule has 0 spiro atoms. The van der Waals surface area contributed by atoms with Crippen LogP contribution in [0.2, 0.25) is 0 Å². The van der Waals surface area contributed by atoms with E-state index in [1.54, 1.807) is 23.0 Å². The summed E-state index contributed by atoms with van der Waals surface area (Å²) in [6.45, 7) is 1.65. The zero-order valence-electron chi connectivity index (χ0n) is 19.9. The number of alkyl halides is 3. The quantitative estimate of drug-likeness (QED) is 0.514. The normalized spacial score (nSPS) is 25.0. The molecule has 2 fully saturated rings. The average molecular weight is 528 g/mol. The number of hydrogen-bond donors (Lipinski definition) is 1. The molecule has 1 heterocycles. The molecule has 1 N–H and O–H groups in total. The summed E-state index contributed by atoms with van der Waals surface area (Å²) in [6.07, 6.45) is 2.34. The van der Waals surface area contributed by atoms with Crippen LogP contribution in [-0.2, 0) is 16.4 Å². The predicted molar refractivity (Wildman–Crippen MR) is 126 cm³/mol. The Labute approximate surface area is 207 Å². The van der Waals surface area contributed by atoms with E-state index in [4.69, 9.17) is 0 Å². The molecule has 5 rings (SSSR count). The molecule has 0 amide bonds. The van der Waals surface area contributed by atoms with Gasteiger partial charge >= 0.3 is 6.18 Å². The van der Waals surface area contributed by atoms with E-state index in [0.717, 1.165) is 26.8 Å². The molecule has 0 bridgehead atoms. The minimum absolute atomic E-state index is 0.0622. The molecule has 0 radical (unpaired) electrons. The lowest BCUT2D eigenvalue weighted by atomic mass is 9.66. The third kappa shape index (κ3) is 4.72. The van der Waals surface area contributed by atoms with Crippen molar-refractivity contribution in [1.29, 1.82) is 0 Å². The summed E-state index contributed by atoms with van der Waals surface area (Å²) < 4.78 is 81.0. The van der Waals surface area contributed by atoms with Crippen LogP contribution in [0.4, 0.5) is 17.6 Å². The van der Waals surface area contributed by atoms with Gasteiger partial charge in [0.2, 0.25) is 10.0 Å². The first-order chi connectivity index (χ1) is 16.8. The highest BCUT2D eigenvalue weighted by Crippen LogP contribution is 2.56. The molecule has 11 heteroatoms. The standard InChI is InChI=1S/C25H29F4N3O3S/c1-2-24-12-17-13-30-32(21-7-5-20(26)6-8-21)22(17)11-18(24)3-4-19(24)14-31(15-23(33)9-10-23)36(34,35)16-25(27,28)29/h5-8,11,13,19,33H,2-4,9-10,12,14-16H2,1H3/t19-,24+/m1/s1. The maximum Gasteiger partial charge on any atom is 0.404 e. The van der Waals surface area contributed by atoms with Gasteiger partial charge < -0.3 is 5.11 Å². The molecule has 36 heavy (non-hydrogen) atoms. The van der Waals surface area contributed by atoms with E-state index in [0.29, 0.717) is 38.5 Å². The van der Waals surface area contributed by atoms with Crippen molar-refractivity contribution in [2.75, 3.05) is 18.8 Å². The first-order valence-corrected chi connectivity index (χ1v) is 13.8. The third-order valence-corrected chi connectivity index (χ3v) is 9.81. The van der Waals surface area contributed by atoms with E-state index in [9.17, 15) is 31.1 Å². The third-order valence-electron chi connectivity index (χ3n) is 8.05. The minimum Gasteiger partial charge on any atom is -0.389 e. The second kappa shape index (κ2) is 8.66. The summed E-state index contributed by atoms with van der Waals surface area (Å²) in [5.41, 5.74) is 2.05. The Kier molecular flexibility index (Phi) is 6.12. The Morgan fingerprint density at radius 1 is 1.22 bits per heavy atom.